The van der Waals surface area contributed by atoms with Crippen molar-refractivity contribution in [1.29, 1.82) is 0 Å². The first-order valence-electron chi connectivity index (χ1n) is 7.81. The number of hydrogen-bond acceptors (Lipinski definition) is 3. The number of hydrogen-bond donors (Lipinski definition) is 1. The third kappa shape index (κ3) is 2.31. The lowest BCUT2D eigenvalue weighted by Gasteiger charge is -2.36. The van der Waals surface area contributed by atoms with Gasteiger partial charge in [-0.25, -0.2) is 0 Å². The fourth-order valence-electron chi connectivity index (χ4n) is 3.92. The van der Waals surface area contributed by atoms with E-state index in [0.717, 1.165) is 18.2 Å². The number of halogens is 1. The zero-order valence-electron chi connectivity index (χ0n) is 12.5. The minimum absolute atomic E-state index is 0.122. The maximum atomic E-state index is 11.8. The fourth-order valence-corrected chi connectivity index (χ4v) is 4.12. The van der Waals surface area contributed by atoms with Crippen LogP contribution in [0, 0.1) is 0 Å². The van der Waals surface area contributed by atoms with Gasteiger partial charge in [-0.1, -0.05) is 11.6 Å². The molecule has 0 unspecified atom stereocenters. The van der Waals surface area contributed by atoms with E-state index in [-0.39, 0.29) is 11.7 Å². The molecule has 5 heteroatoms. The van der Waals surface area contributed by atoms with Crippen LogP contribution in [0.2, 0.25) is 5.02 Å². The SMILES string of the molecule is CN1[C@@H]2CC[C@H]1C[C@@H](Oc1cc3cc[nH]c(=O)c3cc1Cl)C2. The van der Waals surface area contributed by atoms with Crippen LogP contribution in [0.4, 0.5) is 0 Å². The summed E-state index contributed by atoms with van der Waals surface area (Å²) in [6.07, 6.45) is 6.50. The molecule has 2 aliphatic heterocycles. The van der Waals surface area contributed by atoms with Crippen LogP contribution in [0.3, 0.4) is 0 Å². The van der Waals surface area contributed by atoms with Crippen LogP contribution in [0.1, 0.15) is 25.7 Å². The summed E-state index contributed by atoms with van der Waals surface area (Å²) >= 11 is 6.32. The van der Waals surface area contributed by atoms with Gasteiger partial charge in [-0.05, 0) is 56.3 Å². The molecule has 22 heavy (non-hydrogen) atoms. The van der Waals surface area contributed by atoms with Gasteiger partial charge in [0.1, 0.15) is 11.9 Å². The highest BCUT2D eigenvalue weighted by Gasteiger charge is 2.39. The van der Waals surface area contributed by atoms with E-state index in [1.807, 2.05) is 12.1 Å². The summed E-state index contributed by atoms with van der Waals surface area (Å²) in [5.41, 5.74) is -0.122. The number of fused-ring (bicyclic) bond motifs is 3. The number of nitrogens with one attached hydrogen (secondary N) is 1. The van der Waals surface area contributed by atoms with Gasteiger partial charge in [-0.2, -0.15) is 0 Å². The maximum absolute atomic E-state index is 11.8. The minimum atomic E-state index is -0.122. The number of piperidine rings is 1. The Balaban J connectivity index is 1.62. The average Bonchev–Trinajstić information content (AvgIpc) is 2.72. The Kier molecular flexibility index (Phi) is 3.39. The predicted molar refractivity (Wildman–Crippen MR) is 87.8 cm³/mol. The Morgan fingerprint density at radius 1 is 1.27 bits per heavy atom. The van der Waals surface area contributed by atoms with Crippen molar-refractivity contribution in [3.63, 3.8) is 0 Å². The van der Waals surface area contributed by atoms with Crippen molar-refractivity contribution < 1.29 is 4.74 Å². The van der Waals surface area contributed by atoms with Crippen LogP contribution in [0.5, 0.6) is 5.75 Å². The Bertz CT molecular complexity index is 759. The van der Waals surface area contributed by atoms with Crippen molar-refractivity contribution in [2.45, 2.75) is 43.9 Å². The van der Waals surface area contributed by atoms with E-state index in [4.69, 9.17) is 16.3 Å². The van der Waals surface area contributed by atoms with Crippen LogP contribution in [-0.2, 0) is 0 Å². The highest BCUT2D eigenvalue weighted by atomic mass is 35.5. The van der Waals surface area contributed by atoms with Crippen LogP contribution in [0.25, 0.3) is 10.8 Å². The van der Waals surface area contributed by atoms with Crippen LogP contribution >= 0.6 is 11.6 Å². The van der Waals surface area contributed by atoms with E-state index in [0.29, 0.717) is 28.2 Å². The molecular formula is C17H19ClN2O2. The molecule has 1 aromatic carbocycles. The molecule has 3 heterocycles. The first kappa shape index (κ1) is 14.1. The Hall–Kier alpha value is -1.52. The lowest BCUT2D eigenvalue weighted by molar-refractivity contribution is 0.0663. The number of H-pyrrole nitrogens is 1. The van der Waals surface area contributed by atoms with Crippen molar-refractivity contribution in [2.24, 2.45) is 0 Å². The molecule has 2 bridgehead atoms. The molecule has 2 saturated heterocycles. The first-order valence-corrected chi connectivity index (χ1v) is 8.19. The number of nitrogens with zero attached hydrogens (tertiary/aromatic N) is 1. The number of ether oxygens (including phenoxy) is 1. The molecule has 3 atom stereocenters. The molecule has 0 spiro atoms. The quantitative estimate of drug-likeness (QED) is 0.925. The molecule has 2 fully saturated rings. The predicted octanol–water partition coefficient (Wildman–Crippen LogP) is 3.19. The Labute approximate surface area is 134 Å². The normalized spacial score (nSPS) is 28.2. The van der Waals surface area contributed by atoms with Crippen LogP contribution < -0.4 is 10.3 Å². The third-order valence-corrected chi connectivity index (χ3v) is 5.47. The summed E-state index contributed by atoms with van der Waals surface area (Å²) in [5.74, 6) is 0.689. The number of aromatic amines is 1. The average molecular weight is 319 g/mol. The molecule has 4 rings (SSSR count). The van der Waals surface area contributed by atoms with Crippen LogP contribution in [0.15, 0.2) is 29.2 Å². The summed E-state index contributed by atoms with van der Waals surface area (Å²) in [6.45, 7) is 0. The highest BCUT2D eigenvalue weighted by Crippen LogP contribution is 2.37. The molecule has 2 aliphatic rings. The molecule has 4 nitrogen and oxygen atoms in total. The molecule has 0 saturated carbocycles. The fraction of sp³-hybridized carbons (Fsp3) is 0.471. The monoisotopic (exact) mass is 318 g/mol. The molecule has 1 aromatic heterocycles. The van der Waals surface area contributed by atoms with Gasteiger partial charge in [-0.3, -0.25) is 4.79 Å². The molecule has 2 aromatic rings. The van der Waals surface area contributed by atoms with Crippen molar-refractivity contribution in [2.75, 3.05) is 7.05 Å². The van der Waals surface area contributed by atoms with E-state index in [1.54, 1.807) is 12.3 Å². The Morgan fingerprint density at radius 2 is 2.00 bits per heavy atom. The summed E-state index contributed by atoms with van der Waals surface area (Å²) in [6, 6.07) is 6.72. The summed E-state index contributed by atoms with van der Waals surface area (Å²) in [5, 5.41) is 1.97. The lowest BCUT2D eigenvalue weighted by atomic mass is 10.0. The van der Waals surface area contributed by atoms with E-state index >= 15 is 0 Å². The van der Waals surface area contributed by atoms with Gasteiger partial charge < -0.3 is 14.6 Å². The molecule has 0 amide bonds. The zero-order valence-corrected chi connectivity index (χ0v) is 13.3. The van der Waals surface area contributed by atoms with Gasteiger partial charge in [-0.15, -0.1) is 0 Å². The van der Waals surface area contributed by atoms with Crippen LogP contribution in [-0.4, -0.2) is 35.1 Å². The molecular weight excluding hydrogens is 300 g/mol. The van der Waals surface area contributed by atoms with E-state index in [2.05, 4.69) is 16.9 Å². The largest absolute Gasteiger partial charge is 0.489 e. The van der Waals surface area contributed by atoms with Gasteiger partial charge in [0.2, 0.25) is 0 Å². The number of benzene rings is 1. The standard InChI is InChI=1S/C17H19ClN2O2/c1-20-11-2-3-12(20)8-13(7-11)22-16-6-10-4-5-19-17(21)14(10)9-15(16)18/h4-6,9,11-13H,2-3,7-8H2,1H3,(H,19,21)/t11-,12+,13+. The van der Waals surface area contributed by atoms with Gasteiger partial charge in [0.05, 0.1) is 5.02 Å². The van der Waals surface area contributed by atoms with E-state index in [9.17, 15) is 4.79 Å². The third-order valence-electron chi connectivity index (χ3n) is 5.17. The molecule has 116 valence electrons. The molecule has 0 radical (unpaired) electrons. The summed E-state index contributed by atoms with van der Waals surface area (Å²) in [7, 11) is 2.22. The Morgan fingerprint density at radius 3 is 2.73 bits per heavy atom. The second-order valence-corrected chi connectivity index (χ2v) is 6.85. The molecule has 1 N–H and O–H groups in total. The van der Waals surface area contributed by atoms with Crippen molar-refractivity contribution in [3.8, 4) is 5.75 Å². The first-order chi connectivity index (χ1) is 10.6. The lowest BCUT2D eigenvalue weighted by Crippen LogP contribution is -2.43. The van der Waals surface area contributed by atoms with Crippen molar-refractivity contribution >= 4 is 22.4 Å². The van der Waals surface area contributed by atoms with E-state index in [1.165, 1.54) is 12.8 Å². The minimum Gasteiger partial charge on any atom is -0.489 e. The van der Waals surface area contributed by atoms with Gasteiger partial charge in [0, 0.05) is 23.7 Å². The second kappa shape index (κ2) is 5.28. The maximum Gasteiger partial charge on any atom is 0.255 e. The second-order valence-electron chi connectivity index (χ2n) is 6.44. The smallest absolute Gasteiger partial charge is 0.255 e. The van der Waals surface area contributed by atoms with Crippen molar-refractivity contribution in [3.05, 3.63) is 39.8 Å². The number of pyridine rings is 1. The van der Waals surface area contributed by atoms with Crippen molar-refractivity contribution in [1.82, 2.24) is 9.88 Å². The van der Waals surface area contributed by atoms with E-state index < -0.39 is 0 Å². The topological polar surface area (TPSA) is 45.3 Å². The zero-order chi connectivity index (χ0) is 15.3. The number of rotatable bonds is 2. The van der Waals surface area contributed by atoms with Gasteiger partial charge in [0.15, 0.2) is 0 Å². The number of aromatic nitrogens is 1. The molecule has 0 aliphatic carbocycles. The van der Waals surface area contributed by atoms with Gasteiger partial charge in [0.25, 0.3) is 5.56 Å². The summed E-state index contributed by atoms with van der Waals surface area (Å²) in [4.78, 5) is 17.0. The highest BCUT2D eigenvalue weighted by molar-refractivity contribution is 6.32. The van der Waals surface area contributed by atoms with Gasteiger partial charge >= 0.3 is 0 Å². The summed E-state index contributed by atoms with van der Waals surface area (Å²) < 4.78 is 6.19.